The van der Waals surface area contributed by atoms with E-state index in [1.807, 2.05) is 0 Å². The molecular formula is C13H18N2O4. The first kappa shape index (κ1) is 15.0. The molecule has 0 fully saturated rings. The molecule has 1 amide bonds. The molecule has 0 aliphatic heterocycles. The van der Waals surface area contributed by atoms with Gasteiger partial charge in [-0.2, -0.15) is 0 Å². The molecule has 19 heavy (non-hydrogen) atoms. The lowest BCUT2D eigenvalue weighted by atomic mass is 9.99. The van der Waals surface area contributed by atoms with E-state index in [0.29, 0.717) is 12.2 Å². The Morgan fingerprint density at radius 1 is 1.47 bits per heavy atom. The molecule has 104 valence electrons. The molecule has 0 aliphatic carbocycles. The third kappa shape index (κ3) is 3.45. The maximum absolute atomic E-state index is 12.0. The smallest absolute Gasteiger partial charge is 0.335 e. The largest absolute Gasteiger partial charge is 0.495 e. The second-order valence-electron chi connectivity index (χ2n) is 4.45. The lowest BCUT2D eigenvalue weighted by Gasteiger charge is -2.22. The minimum Gasteiger partial charge on any atom is -0.495 e. The van der Waals surface area contributed by atoms with Crippen molar-refractivity contribution in [2.75, 3.05) is 12.4 Å². The van der Waals surface area contributed by atoms with Gasteiger partial charge in [-0.05, 0) is 31.5 Å². The number of hydrogen-bond acceptors (Lipinski definition) is 4. The first-order valence-corrected chi connectivity index (χ1v) is 5.83. The predicted octanol–water partition coefficient (Wildman–Crippen LogP) is 1.46. The number of ether oxygens (including phenoxy) is 1. The fraction of sp³-hybridized carbons (Fsp3) is 0.385. The summed E-state index contributed by atoms with van der Waals surface area (Å²) >= 11 is 0. The maximum Gasteiger partial charge on any atom is 0.335 e. The van der Waals surface area contributed by atoms with Gasteiger partial charge >= 0.3 is 5.97 Å². The molecule has 0 aromatic heterocycles. The predicted molar refractivity (Wildman–Crippen MR) is 71.5 cm³/mol. The zero-order valence-electron chi connectivity index (χ0n) is 11.2. The Balaban J connectivity index is 3.08. The van der Waals surface area contributed by atoms with E-state index in [1.54, 1.807) is 13.8 Å². The molecular weight excluding hydrogens is 248 g/mol. The van der Waals surface area contributed by atoms with Gasteiger partial charge in [0.2, 0.25) is 5.91 Å². The van der Waals surface area contributed by atoms with E-state index in [0.717, 1.165) is 0 Å². The summed E-state index contributed by atoms with van der Waals surface area (Å²) in [6.45, 7) is 3.40. The average molecular weight is 266 g/mol. The van der Waals surface area contributed by atoms with E-state index < -0.39 is 17.4 Å². The van der Waals surface area contributed by atoms with Crippen LogP contribution in [0.3, 0.4) is 0 Å². The van der Waals surface area contributed by atoms with Crippen LogP contribution in [0.25, 0.3) is 0 Å². The van der Waals surface area contributed by atoms with Crippen molar-refractivity contribution in [3.63, 3.8) is 0 Å². The molecule has 0 bridgehead atoms. The number of nitrogens with two attached hydrogens (primary N) is 1. The number of anilines is 1. The van der Waals surface area contributed by atoms with Crippen molar-refractivity contribution in [1.29, 1.82) is 0 Å². The van der Waals surface area contributed by atoms with Crippen LogP contribution in [0.4, 0.5) is 5.69 Å². The van der Waals surface area contributed by atoms with Crippen LogP contribution in [-0.4, -0.2) is 29.6 Å². The molecule has 0 aliphatic rings. The highest BCUT2D eigenvalue weighted by Crippen LogP contribution is 2.26. The van der Waals surface area contributed by atoms with Crippen molar-refractivity contribution in [1.82, 2.24) is 0 Å². The zero-order valence-corrected chi connectivity index (χ0v) is 11.2. The normalized spacial score (nSPS) is 13.5. The van der Waals surface area contributed by atoms with Gasteiger partial charge in [0, 0.05) is 0 Å². The Morgan fingerprint density at radius 3 is 2.58 bits per heavy atom. The van der Waals surface area contributed by atoms with Crippen molar-refractivity contribution in [3.05, 3.63) is 23.8 Å². The number of carboxylic acids is 1. The fourth-order valence-electron chi connectivity index (χ4n) is 1.36. The molecule has 0 heterocycles. The van der Waals surface area contributed by atoms with E-state index >= 15 is 0 Å². The summed E-state index contributed by atoms with van der Waals surface area (Å²) in [5.74, 6) is -1.09. The molecule has 1 atom stereocenters. The number of rotatable bonds is 5. The molecule has 6 nitrogen and oxygen atoms in total. The van der Waals surface area contributed by atoms with Gasteiger partial charge in [-0.15, -0.1) is 0 Å². The summed E-state index contributed by atoms with van der Waals surface area (Å²) in [4.78, 5) is 22.9. The minimum atomic E-state index is -1.08. The van der Waals surface area contributed by atoms with E-state index in [-0.39, 0.29) is 11.3 Å². The van der Waals surface area contributed by atoms with Gasteiger partial charge in [0.1, 0.15) is 5.75 Å². The second kappa shape index (κ2) is 5.71. The molecule has 0 spiro atoms. The SMILES string of the molecule is CCC(C)(N)C(=O)Nc1cc(C(=O)O)ccc1OC. The highest BCUT2D eigenvalue weighted by molar-refractivity contribution is 6.00. The van der Waals surface area contributed by atoms with Crippen molar-refractivity contribution in [2.24, 2.45) is 5.73 Å². The van der Waals surface area contributed by atoms with Gasteiger partial charge in [0.25, 0.3) is 0 Å². The number of amides is 1. The van der Waals surface area contributed by atoms with Gasteiger partial charge < -0.3 is 20.9 Å². The summed E-state index contributed by atoms with van der Waals surface area (Å²) in [5.41, 5.74) is 5.15. The average Bonchev–Trinajstić information content (AvgIpc) is 2.38. The third-order valence-electron chi connectivity index (χ3n) is 2.95. The summed E-state index contributed by atoms with van der Waals surface area (Å²) in [5, 5.41) is 11.5. The first-order chi connectivity index (χ1) is 8.81. The van der Waals surface area contributed by atoms with Crippen LogP contribution < -0.4 is 15.8 Å². The van der Waals surface area contributed by atoms with Gasteiger partial charge in [-0.1, -0.05) is 6.92 Å². The van der Waals surface area contributed by atoms with Crippen molar-refractivity contribution in [3.8, 4) is 5.75 Å². The van der Waals surface area contributed by atoms with Crippen LogP contribution in [-0.2, 0) is 4.79 Å². The number of carbonyl (C=O) groups is 2. The van der Waals surface area contributed by atoms with Gasteiger partial charge in [-0.25, -0.2) is 4.79 Å². The molecule has 1 unspecified atom stereocenters. The summed E-state index contributed by atoms with van der Waals surface area (Å²) in [7, 11) is 1.44. The zero-order chi connectivity index (χ0) is 14.6. The number of methoxy groups -OCH3 is 1. The van der Waals surface area contributed by atoms with Crippen LogP contribution in [0.2, 0.25) is 0 Å². The number of hydrogen-bond donors (Lipinski definition) is 3. The highest BCUT2D eigenvalue weighted by Gasteiger charge is 2.27. The van der Waals surface area contributed by atoms with E-state index in [2.05, 4.69) is 5.32 Å². The van der Waals surface area contributed by atoms with E-state index in [1.165, 1.54) is 25.3 Å². The van der Waals surface area contributed by atoms with Crippen LogP contribution >= 0.6 is 0 Å². The minimum absolute atomic E-state index is 0.0614. The lowest BCUT2D eigenvalue weighted by Crippen LogP contribution is -2.47. The molecule has 0 saturated heterocycles. The summed E-state index contributed by atoms with van der Waals surface area (Å²) in [6.07, 6.45) is 0.458. The summed E-state index contributed by atoms with van der Waals surface area (Å²) < 4.78 is 5.08. The number of nitrogens with one attached hydrogen (secondary N) is 1. The Bertz CT molecular complexity index is 497. The molecule has 4 N–H and O–H groups in total. The highest BCUT2D eigenvalue weighted by atomic mass is 16.5. The molecule has 1 aromatic rings. The Hall–Kier alpha value is -2.08. The van der Waals surface area contributed by atoms with Gasteiger partial charge in [0.05, 0.1) is 23.9 Å². The van der Waals surface area contributed by atoms with Crippen LogP contribution in [0, 0.1) is 0 Å². The van der Waals surface area contributed by atoms with E-state index in [4.69, 9.17) is 15.6 Å². The van der Waals surface area contributed by atoms with Crippen LogP contribution in [0.5, 0.6) is 5.75 Å². The van der Waals surface area contributed by atoms with Gasteiger partial charge in [-0.3, -0.25) is 4.79 Å². The molecule has 1 aromatic carbocycles. The monoisotopic (exact) mass is 266 g/mol. The standard InChI is InChI=1S/C13H18N2O4/c1-4-13(2,14)12(18)15-9-7-8(11(16)17)5-6-10(9)19-3/h5-7H,4,14H2,1-3H3,(H,15,18)(H,16,17). The molecule has 6 heteroatoms. The lowest BCUT2D eigenvalue weighted by molar-refractivity contribution is -0.120. The van der Waals surface area contributed by atoms with Crippen molar-refractivity contribution < 1.29 is 19.4 Å². The number of aromatic carboxylic acids is 1. The Morgan fingerprint density at radius 2 is 2.11 bits per heavy atom. The molecule has 0 radical (unpaired) electrons. The Labute approximate surface area is 111 Å². The fourth-order valence-corrected chi connectivity index (χ4v) is 1.36. The summed E-state index contributed by atoms with van der Waals surface area (Å²) in [6, 6.07) is 4.22. The molecule has 0 saturated carbocycles. The quantitative estimate of drug-likeness (QED) is 0.748. The van der Waals surface area contributed by atoms with Crippen LogP contribution in [0.15, 0.2) is 18.2 Å². The number of carbonyl (C=O) groups excluding carboxylic acids is 1. The third-order valence-corrected chi connectivity index (χ3v) is 2.95. The van der Waals surface area contributed by atoms with Crippen molar-refractivity contribution >= 4 is 17.6 Å². The maximum atomic E-state index is 12.0. The topological polar surface area (TPSA) is 102 Å². The first-order valence-electron chi connectivity index (χ1n) is 5.83. The number of carboxylic acid groups (broad SMARTS) is 1. The van der Waals surface area contributed by atoms with Crippen molar-refractivity contribution in [2.45, 2.75) is 25.8 Å². The Kier molecular flexibility index (Phi) is 4.50. The number of benzene rings is 1. The van der Waals surface area contributed by atoms with Crippen LogP contribution in [0.1, 0.15) is 30.6 Å². The van der Waals surface area contributed by atoms with Gasteiger partial charge in [0.15, 0.2) is 0 Å². The van der Waals surface area contributed by atoms with E-state index in [9.17, 15) is 9.59 Å². The second-order valence-corrected chi connectivity index (χ2v) is 4.45. The molecule has 1 rings (SSSR count).